The van der Waals surface area contributed by atoms with Crippen molar-refractivity contribution in [3.63, 3.8) is 0 Å². The van der Waals surface area contributed by atoms with E-state index in [4.69, 9.17) is 19.1 Å². The molecule has 0 spiro atoms. The maximum atomic E-state index is 13.1. The Bertz CT molecular complexity index is 1520. The van der Waals surface area contributed by atoms with Gasteiger partial charge in [0.2, 0.25) is 0 Å². The van der Waals surface area contributed by atoms with Crippen LogP contribution in [-0.2, 0) is 18.0 Å². The van der Waals surface area contributed by atoms with Gasteiger partial charge in [0.15, 0.2) is 23.7 Å². The van der Waals surface area contributed by atoms with Gasteiger partial charge in [-0.2, -0.15) is 13.2 Å². The average molecular weight is 477 g/mol. The summed E-state index contributed by atoms with van der Waals surface area (Å²) in [5, 5.41) is 12.8. The van der Waals surface area contributed by atoms with Gasteiger partial charge < -0.3 is 19.1 Å². The van der Waals surface area contributed by atoms with Crippen LogP contribution in [0.1, 0.15) is 5.69 Å². The number of aromatic nitrogens is 3. The molecule has 0 aliphatic carbocycles. The van der Waals surface area contributed by atoms with Gasteiger partial charge >= 0.3 is 17.8 Å². The number of benzene rings is 2. The van der Waals surface area contributed by atoms with E-state index in [0.29, 0.717) is 15.2 Å². The lowest BCUT2D eigenvalue weighted by molar-refractivity contribution is -0.144. The molecule has 0 bridgehead atoms. The number of para-hydroxylation sites is 2. The van der Waals surface area contributed by atoms with E-state index >= 15 is 0 Å². The van der Waals surface area contributed by atoms with Crippen molar-refractivity contribution < 1.29 is 37.1 Å². The fourth-order valence-corrected chi connectivity index (χ4v) is 3.15. The number of halogens is 3. The minimum atomic E-state index is -4.89. The van der Waals surface area contributed by atoms with E-state index in [2.05, 4.69) is 5.16 Å². The summed E-state index contributed by atoms with van der Waals surface area (Å²) in [6, 6.07) is 10.4. The number of ether oxygens (including phenoxy) is 2. The zero-order valence-electron chi connectivity index (χ0n) is 17.2. The average Bonchev–Trinajstić information content (AvgIpc) is 3.17. The Labute approximate surface area is 187 Å². The summed E-state index contributed by atoms with van der Waals surface area (Å²) < 4.78 is 56.3. The Kier molecular flexibility index (Phi) is 5.61. The number of carboxylic acids is 1. The molecule has 0 saturated carbocycles. The number of carbonyl (C=O) groups is 1. The minimum Gasteiger partial charge on any atom is -0.479 e. The molecule has 34 heavy (non-hydrogen) atoms. The second-order valence-corrected chi connectivity index (χ2v) is 6.94. The number of hydrogen-bond donors (Lipinski definition) is 1. The Morgan fingerprint density at radius 3 is 2.50 bits per heavy atom. The standard InChI is InChI=1S/C21H14F3N3O7/c1-26-16(21(22,23)24)9-17(28)27(20(26)31)11-6-7-13-12(8-11)19(25-34-13)33-15-5-3-2-4-14(15)32-10-18(29)30/h2-9H,10H2,1H3,(H,29,30). The number of hydrogen-bond acceptors (Lipinski definition) is 7. The molecule has 13 heteroatoms. The number of nitrogens with zero attached hydrogens (tertiary/aromatic N) is 3. The molecule has 0 amide bonds. The zero-order valence-corrected chi connectivity index (χ0v) is 17.2. The van der Waals surface area contributed by atoms with E-state index in [9.17, 15) is 27.6 Å². The summed E-state index contributed by atoms with van der Waals surface area (Å²) >= 11 is 0. The molecule has 2 aromatic heterocycles. The Hall–Kier alpha value is -4.55. The second-order valence-electron chi connectivity index (χ2n) is 6.94. The fraction of sp³-hybridized carbons (Fsp3) is 0.143. The monoisotopic (exact) mass is 477 g/mol. The summed E-state index contributed by atoms with van der Waals surface area (Å²) in [6.07, 6.45) is -4.89. The third kappa shape index (κ3) is 4.22. The van der Waals surface area contributed by atoms with Gasteiger partial charge in [-0.3, -0.25) is 9.36 Å². The fourth-order valence-electron chi connectivity index (χ4n) is 3.15. The highest BCUT2D eigenvalue weighted by Gasteiger charge is 2.35. The van der Waals surface area contributed by atoms with Crippen molar-refractivity contribution in [2.24, 2.45) is 7.05 Å². The van der Waals surface area contributed by atoms with Crippen molar-refractivity contribution >= 4 is 16.9 Å². The summed E-state index contributed by atoms with van der Waals surface area (Å²) in [5.74, 6) is -1.10. The van der Waals surface area contributed by atoms with Crippen LogP contribution < -0.4 is 20.7 Å². The number of aliphatic carboxylic acids is 1. The van der Waals surface area contributed by atoms with Gasteiger partial charge in [0, 0.05) is 13.1 Å². The highest BCUT2D eigenvalue weighted by atomic mass is 19.4. The number of fused-ring (bicyclic) bond motifs is 1. The van der Waals surface area contributed by atoms with Crippen molar-refractivity contribution in [1.82, 2.24) is 14.3 Å². The molecular weight excluding hydrogens is 463 g/mol. The SMILES string of the molecule is Cn1c(C(F)(F)F)cc(=O)n(-c2ccc3onc(Oc4ccccc4OCC(=O)O)c3c2)c1=O. The lowest BCUT2D eigenvalue weighted by atomic mass is 10.2. The molecular formula is C21H14F3N3O7. The molecule has 176 valence electrons. The number of carboxylic acid groups (broad SMARTS) is 1. The molecule has 0 saturated heterocycles. The van der Waals surface area contributed by atoms with Gasteiger partial charge in [0.05, 0.1) is 11.1 Å². The van der Waals surface area contributed by atoms with Crippen LogP contribution in [0.5, 0.6) is 17.4 Å². The van der Waals surface area contributed by atoms with E-state index in [1.54, 1.807) is 12.1 Å². The maximum Gasteiger partial charge on any atom is 0.431 e. The van der Waals surface area contributed by atoms with Crippen molar-refractivity contribution in [2.75, 3.05) is 6.61 Å². The molecule has 0 atom stereocenters. The summed E-state index contributed by atoms with van der Waals surface area (Å²) in [5.41, 5.74) is -3.62. The second kappa shape index (κ2) is 8.42. The Morgan fingerprint density at radius 1 is 1.12 bits per heavy atom. The van der Waals surface area contributed by atoms with Crippen molar-refractivity contribution in [3.8, 4) is 23.1 Å². The molecule has 0 aliphatic rings. The van der Waals surface area contributed by atoms with E-state index in [1.165, 1.54) is 30.3 Å². The summed E-state index contributed by atoms with van der Waals surface area (Å²) in [7, 11) is 0.904. The smallest absolute Gasteiger partial charge is 0.431 e. The molecule has 2 heterocycles. The molecule has 10 nitrogen and oxygen atoms in total. The Morgan fingerprint density at radius 2 is 1.82 bits per heavy atom. The molecule has 0 radical (unpaired) electrons. The van der Waals surface area contributed by atoms with Crippen LogP contribution in [-0.4, -0.2) is 32.0 Å². The summed E-state index contributed by atoms with van der Waals surface area (Å²) in [6.45, 7) is -0.621. The molecule has 1 N–H and O–H groups in total. The highest BCUT2D eigenvalue weighted by molar-refractivity contribution is 5.84. The molecule has 2 aromatic carbocycles. The van der Waals surface area contributed by atoms with E-state index < -0.39 is 35.7 Å². The molecule has 0 fully saturated rings. The van der Waals surface area contributed by atoms with Crippen LogP contribution in [0.3, 0.4) is 0 Å². The first-order valence-corrected chi connectivity index (χ1v) is 9.48. The maximum absolute atomic E-state index is 13.1. The first-order valence-electron chi connectivity index (χ1n) is 9.48. The zero-order chi connectivity index (χ0) is 24.6. The predicted molar refractivity (Wildman–Crippen MR) is 109 cm³/mol. The van der Waals surface area contributed by atoms with E-state index in [-0.39, 0.29) is 34.0 Å². The first kappa shape index (κ1) is 22.6. The normalized spacial score (nSPS) is 11.5. The van der Waals surface area contributed by atoms with E-state index in [0.717, 1.165) is 7.05 Å². The van der Waals surface area contributed by atoms with Crippen molar-refractivity contribution in [2.45, 2.75) is 6.18 Å². The van der Waals surface area contributed by atoms with Gasteiger partial charge in [0.1, 0.15) is 5.69 Å². The highest BCUT2D eigenvalue weighted by Crippen LogP contribution is 2.35. The molecule has 4 aromatic rings. The largest absolute Gasteiger partial charge is 0.479 e. The van der Waals surface area contributed by atoms with Crippen LogP contribution in [0, 0.1) is 0 Å². The molecule has 4 rings (SSSR count). The number of alkyl halides is 3. The topological polar surface area (TPSA) is 126 Å². The van der Waals surface area contributed by atoms with Gasteiger partial charge in [0.25, 0.3) is 11.4 Å². The van der Waals surface area contributed by atoms with Crippen LogP contribution >= 0.6 is 0 Å². The van der Waals surface area contributed by atoms with Crippen LogP contribution in [0.4, 0.5) is 13.2 Å². The van der Waals surface area contributed by atoms with Gasteiger partial charge in [-0.15, -0.1) is 0 Å². The molecule has 0 aliphatic heterocycles. The van der Waals surface area contributed by atoms with Crippen molar-refractivity contribution in [3.05, 3.63) is 75.1 Å². The lowest BCUT2D eigenvalue weighted by Gasteiger charge is -2.14. The number of rotatable bonds is 6. The summed E-state index contributed by atoms with van der Waals surface area (Å²) in [4.78, 5) is 35.8. The van der Waals surface area contributed by atoms with Gasteiger partial charge in [-0.05, 0) is 35.5 Å². The predicted octanol–water partition coefficient (Wildman–Crippen LogP) is 2.95. The van der Waals surface area contributed by atoms with Crippen LogP contribution in [0.25, 0.3) is 16.7 Å². The Balaban J connectivity index is 1.77. The lowest BCUT2D eigenvalue weighted by Crippen LogP contribution is -2.40. The van der Waals surface area contributed by atoms with Crippen molar-refractivity contribution in [1.29, 1.82) is 0 Å². The molecule has 0 unspecified atom stereocenters. The quantitative estimate of drug-likeness (QED) is 0.449. The third-order valence-corrected chi connectivity index (χ3v) is 4.70. The van der Waals surface area contributed by atoms with Crippen LogP contribution in [0.2, 0.25) is 0 Å². The van der Waals surface area contributed by atoms with Crippen LogP contribution in [0.15, 0.2) is 62.6 Å². The third-order valence-electron chi connectivity index (χ3n) is 4.70. The minimum absolute atomic E-state index is 0.0460. The van der Waals surface area contributed by atoms with Gasteiger partial charge in [-0.25, -0.2) is 14.2 Å². The van der Waals surface area contributed by atoms with Gasteiger partial charge in [-0.1, -0.05) is 12.1 Å². The first-order chi connectivity index (χ1) is 16.1. The van der Waals surface area contributed by atoms with E-state index in [1.807, 2.05) is 0 Å².